The average molecular weight is 815 g/mol. The number of hydrogen-bond acceptors (Lipinski definition) is 6. The van der Waals surface area contributed by atoms with Crippen LogP contribution in [0, 0.1) is 0 Å². The highest BCUT2D eigenvalue weighted by molar-refractivity contribution is 5.71. The highest BCUT2D eigenvalue weighted by Crippen LogP contribution is 2.15. The van der Waals surface area contributed by atoms with Crippen molar-refractivity contribution < 1.29 is 28.6 Å². The van der Waals surface area contributed by atoms with Crippen LogP contribution < -0.4 is 0 Å². The Morgan fingerprint density at radius 1 is 0.362 bits per heavy atom. The third-order valence-electron chi connectivity index (χ3n) is 10.9. The van der Waals surface area contributed by atoms with Crippen LogP contribution in [0.15, 0.2) is 36.5 Å². The zero-order valence-electron chi connectivity index (χ0n) is 38.6. The molecule has 0 aliphatic carbocycles. The maximum absolute atomic E-state index is 12.8. The van der Waals surface area contributed by atoms with E-state index in [0.29, 0.717) is 19.3 Å². The molecule has 0 radical (unpaired) electrons. The molecule has 0 rings (SSSR count). The number of hydrogen-bond donors (Lipinski definition) is 0. The molecule has 0 fully saturated rings. The third kappa shape index (κ3) is 44.7. The number of allylic oxidation sites excluding steroid dienone is 6. The summed E-state index contributed by atoms with van der Waals surface area (Å²) in [6.45, 7) is 6.52. The molecule has 0 saturated heterocycles. The molecule has 58 heavy (non-hydrogen) atoms. The standard InChI is InChI=1S/C52H94O6/c1-4-7-10-13-16-19-22-25-26-28-31-34-37-40-43-46-52(55)58-49(47-56-50(53)44-41-38-35-32-29-24-21-18-15-12-9-6-3)48-57-51(54)45-42-39-36-33-30-27-23-20-17-14-11-8-5-2/h9,12,18,21,25-26,49H,4-8,10-11,13-17,19-20,22-24,27-48H2,1-3H3/b12-9-,21-18-,26-25-. The van der Waals surface area contributed by atoms with E-state index in [0.717, 1.165) is 89.9 Å². The monoisotopic (exact) mass is 815 g/mol. The van der Waals surface area contributed by atoms with Crippen molar-refractivity contribution in [1.82, 2.24) is 0 Å². The summed E-state index contributed by atoms with van der Waals surface area (Å²) in [6, 6.07) is 0. The van der Waals surface area contributed by atoms with Crippen LogP contribution in [0.4, 0.5) is 0 Å². The maximum Gasteiger partial charge on any atom is 0.306 e. The maximum atomic E-state index is 12.8. The van der Waals surface area contributed by atoms with Crippen LogP contribution in [0.25, 0.3) is 0 Å². The number of ether oxygens (including phenoxy) is 3. The van der Waals surface area contributed by atoms with Crippen molar-refractivity contribution in [3.63, 3.8) is 0 Å². The molecule has 0 aliphatic rings. The van der Waals surface area contributed by atoms with Gasteiger partial charge in [0.05, 0.1) is 0 Å². The second-order valence-electron chi connectivity index (χ2n) is 16.7. The molecule has 0 aromatic carbocycles. The number of rotatable bonds is 45. The van der Waals surface area contributed by atoms with Crippen LogP contribution in [0.3, 0.4) is 0 Å². The Morgan fingerprint density at radius 2 is 0.672 bits per heavy atom. The Balaban J connectivity index is 4.38. The zero-order chi connectivity index (χ0) is 42.3. The second-order valence-corrected chi connectivity index (χ2v) is 16.7. The van der Waals surface area contributed by atoms with Crippen molar-refractivity contribution >= 4 is 17.9 Å². The van der Waals surface area contributed by atoms with E-state index < -0.39 is 6.10 Å². The molecule has 1 atom stereocenters. The lowest BCUT2D eigenvalue weighted by Crippen LogP contribution is -2.30. The van der Waals surface area contributed by atoms with Gasteiger partial charge < -0.3 is 14.2 Å². The molecule has 0 spiro atoms. The predicted octanol–water partition coefficient (Wildman–Crippen LogP) is 16.1. The highest BCUT2D eigenvalue weighted by atomic mass is 16.6. The fourth-order valence-electron chi connectivity index (χ4n) is 7.12. The van der Waals surface area contributed by atoms with E-state index in [2.05, 4.69) is 57.2 Å². The summed E-state index contributed by atoms with van der Waals surface area (Å²) in [5.74, 6) is -0.894. The summed E-state index contributed by atoms with van der Waals surface area (Å²) >= 11 is 0. The first kappa shape index (κ1) is 55.6. The number of carbonyl (C=O) groups is 3. The molecule has 1 unspecified atom stereocenters. The molecule has 0 heterocycles. The minimum Gasteiger partial charge on any atom is -0.462 e. The molecule has 0 N–H and O–H groups in total. The van der Waals surface area contributed by atoms with E-state index in [1.54, 1.807) is 0 Å². The predicted molar refractivity (Wildman–Crippen MR) is 247 cm³/mol. The first-order valence-electron chi connectivity index (χ1n) is 25.0. The Labute approximate surface area is 359 Å². The normalized spacial score (nSPS) is 12.3. The van der Waals surface area contributed by atoms with Crippen molar-refractivity contribution in [1.29, 1.82) is 0 Å². The van der Waals surface area contributed by atoms with Gasteiger partial charge in [-0.05, 0) is 70.6 Å². The number of esters is 3. The Morgan fingerprint density at radius 3 is 1.05 bits per heavy atom. The summed E-state index contributed by atoms with van der Waals surface area (Å²) in [4.78, 5) is 37.9. The van der Waals surface area contributed by atoms with Gasteiger partial charge in [0.1, 0.15) is 13.2 Å². The van der Waals surface area contributed by atoms with Gasteiger partial charge >= 0.3 is 17.9 Å². The topological polar surface area (TPSA) is 78.9 Å². The van der Waals surface area contributed by atoms with E-state index in [1.165, 1.54) is 128 Å². The van der Waals surface area contributed by atoms with Crippen LogP contribution in [0.1, 0.15) is 258 Å². The molecule has 0 bridgehead atoms. The minimum atomic E-state index is -0.777. The van der Waals surface area contributed by atoms with Crippen LogP contribution in [-0.4, -0.2) is 37.2 Å². The smallest absolute Gasteiger partial charge is 0.306 e. The van der Waals surface area contributed by atoms with E-state index in [9.17, 15) is 14.4 Å². The average Bonchev–Trinajstić information content (AvgIpc) is 3.22. The van der Waals surface area contributed by atoms with Crippen LogP contribution in [-0.2, 0) is 28.6 Å². The van der Waals surface area contributed by atoms with Crippen molar-refractivity contribution in [3.05, 3.63) is 36.5 Å². The molecule has 0 saturated carbocycles. The van der Waals surface area contributed by atoms with Crippen LogP contribution >= 0.6 is 0 Å². The van der Waals surface area contributed by atoms with E-state index in [4.69, 9.17) is 14.2 Å². The van der Waals surface area contributed by atoms with Gasteiger partial charge in [-0.3, -0.25) is 14.4 Å². The SMILES string of the molecule is CC/C=C\C/C=C\CCCCCCCC(=O)OCC(COC(=O)CCCCCCCCCCCCCCC)OC(=O)CCCCCCC/C=C\CCCCCCCC. The van der Waals surface area contributed by atoms with Gasteiger partial charge in [-0.2, -0.15) is 0 Å². The van der Waals surface area contributed by atoms with Crippen LogP contribution in [0.5, 0.6) is 0 Å². The van der Waals surface area contributed by atoms with Gasteiger partial charge in [0.15, 0.2) is 6.10 Å². The molecule has 0 aliphatic heterocycles. The quantitative estimate of drug-likeness (QED) is 0.0264. The molecule has 6 heteroatoms. The fraction of sp³-hybridized carbons (Fsp3) is 0.827. The van der Waals surface area contributed by atoms with Gasteiger partial charge in [0.2, 0.25) is 0 Å². The summed E-state index contributed by atoms with van der Waals surface area (Å²) in [5, 5.41) is 0. The molecule has 6 nitrogen and oxygen atoms in total. The third-order valence-corrected chi connectivity index (χ3v) is 10.9. The molecule has 0 aromatic heterocycles. The van der Waals surface area contributed by atoms with Gasteiger partial charge in [-0.25, -0.2) is 0 Å². The number of carbonyl (C=O) groups excluding carboxylic acids is 3. The van der Waals surface area contributed by atoms with Gasteiger partial charge in [0, 0.05) is 19.3 Å². The fourth-order valence-corrected chi connectivity index (χ4v) is 7.12. The first-order valence-corrected chi connectivity index (χ1v) is 25.0. The van der Waals surface area contributed by atoms with Crippen molar-refractivity contribution in [2.24, 2.45) is 0 Å². The molecular formula is C52H94O6. The summed E-state index contributed by atoms with van der Waals surface area (Å²) < 4.78 is 16.8. The Hall–Kier alpha value is -2.37. The molecule has 338 valence electrons. The minimum absolute atomic E-state index is 0.0774. The van der Waals surface area contributed by atoms with E-state index in [-0.39, 0.29) is 31.1 Å². The van der Waals surface area contributed by atoms with E-state index in [1.807, 2.05) is 0 Å². The zero-order valence-corrected chi connectivity index (χ0v) is 38.6. The largest absolute Gasteiger partial charge is 0.462 e. The van der Waals surface area contributed by atoms with Gasteiger partial charge in [-0.15, -0.1) is 0 Å². The van der Waals surface area contributed by atoms with Crippen molar-refractivity contribution in [3.8, 4) is 0 Å². The van der Waals surface area contributed by atoms with Crippen LogP contribution in [0.2, 0.25) is 0 Å². The molecule has 0 amide bonds. The van der Waals surface area contributed by atoms with Gasteiger partial charge in [0.25, 0.3) is 0 Å². The van der Waals surface area contributed by atoms with Crippen molar-refractivity contribution in [2.45, 2.75) is 264 Å². The molecular weight excluding hydrogens is 721 g/mol. The Bertz CT molecular complexity index is 984. The molecule has 0 aromatic rings. The highest BCUT2D eigenvalue weighted by Gasteiger charge is 2.19. The first-order chi connectivity index (χ1) is 28.5. The van der Waals surface area contributed by atoms with E-state index >= 15 is 0 Å². The number of unbranched alkanes of at least 4 members (excludes halogenated alkanes) is 28. The summed E-state index contributed by atoms with van der Waals surface area (Å²) in [5.41, 5.74) is 0. The lowest BCUT2D eigenvalue weighted by atomic mass is 10.0. The lowest BCUT2D eigenvalue weighted by molar-refractivity contribution is -0.167. The second kappa shape index (κ2) is 47.3. The van der Waals surface area contributed by atoms with Gasteiger partial charge in [-0.1, -0.05) is 205 Å². The Kier molecular flexibility index (Phi) is 45.4. The van der Waals surface area contributed by atoms with Crippen molar-refractivity contribution in [2.75, 3.05) is 13.2 Å². The summed E-state index contributed by atoms with van der Waals surface area (Å²) in [7, 11) is 0. The lowest BCUT2D eigenvalue weighted by Gasteiger charge is -2.18. The summed E-state index contributed by atoms with van der Waals surface area (Å²) in [6.07, 6.45) is 54.1.